The molecule has 4 nitrogen and oxygen atoms in total. The molecule has 0 radical (unpaired) electrons. The summed E-state index contributed by atoms with van der Waals surface area (Å²) in [6, 6.07) is 0.173. The molecule has 0 aromatic rings. The summed E-state index contributed by atoms with van der Waals surface area (Å²) in [5.41, 5.74) is 5.84. The fraction of sp³-hybridized carbons (Fsp3) is 0.875. The third kappa shape index (κ3) is 2.37. The Morgan fingerprint density at radius 3 is 2.67 bits per heavy atom. The van der Waals surface area contributed by atoms with Crippen molar-refractivity contribution in [2.45, 2.75) is 37.8 Å². The molecule has 0 aromatic heterocycles. The van der Waals surface area contributed by atoms with Crippen LogP contribution in [0.5, 0.6) is 0 Å². The predicted molar refractivity (Wildman–Crippen MR) is 47.8 cm³/mol. The monoisotopic (exact) mass is 171 g/mol. The molecule has 0 aliphatic heterocycles. The first kappa shape index (κ1) is 9.32. The van der Waals surface area contributed by atoms with Crippen molar-refractivity contribution in [3.8, 4) is 0 Å². The average Bonchev–Trinajstić information content (AvgIpc) is 2.09. The standard InChI is InChI=1S/C8H17N3O/c1-10-8(12)11-7-5-3-2-4-6(7)9/h6-7H,2-5,9H2,1H3,(H2,10,11,12). The minimum Gasteiger partial charge on any atom is -0.341 e. The Bertz CT molecular complexity index is 160. The molecule has 2 amide bonds. The summed E-state index contributed by atoms with van der Waals surface area (Å²) in [5, 5.41) is 5.37. The van der Waals surface area contributed by atoms with Crippen LogP contribution in [0.25, 0.3) is 0 Å². The molecule has 0 saturated heterocycles. The summed E-state index contributed by atoms with van der Waals surface area (Å²) in [4.78, 5) is 10.9. The van der Waals surface area contributed by atoms with Crippen molar-refractivity contribution in [2.75, 3.05) is 7.05 Å². The van der Waals surface area contributed by atoms with Gasteiger partial charge in [0.25, 0.3) is 0 Å². The lowest BCUT2D eigenvalue weighted by Gasteiger charge is -2.28. The van der Waals surface area contributed by atoms with E-state index in [1.54, 1.807) is 7.05 Å². The quantitative estimate of drug-likeness (QED) is 0.527. The molecule has 12 heavy (non-hydrogen) atoms. The molecule has 0 aromatic carbocycles. The molecule has 1 aliphatic rings. The first-order valence-corrected chi connectivity index (χ1v) is 4.48. The maximum absolute atomic E-state index is 10.9. The van der Waals surface area contributed by atoms with Gasteiger partial charge in [0.2, 0.25) is 0 Å². The molecule has 4 N–H and O–H groups in total. The number of nitrogens with two attached hydrogens (primary N) is 1. The highest BCUT2D eigenvalue weighted by Gasteiger charge is 2.22. The van der Waals surface area contributed by atoms with Gasteiger partial charge in [0.15, 0.2) is 0 Å². The van der Waals surface area contributed by atoms with E-state index in [0.29, 0.717) is 0 Å². The van der Waals surface area contributed by atoms with E-state index in [4.69, 9.17) is 5.73 Å². The highest BCUT2D eigenvalue weighted by Crippen LogP contribution is 2.16. The number of carbonyl (C=O) groups excluding carboxylic acids is 1. The van der Waals surface area contributed by atoms with Crippen LogP contribution in [0, 0.1) is 0 Å². The zero-order valence-corrected chi connectivity index (χ0v) is 7.47. The van der Waals surface area contributed by atoms with Crippen LogP contribution in [0.2, 0.25) is 0 Å². The van der Waals surface area contributed by atoms with Gasteiger partial charge < -0.3 is 16.4 Å². The highest BCUT2D eigenvalue weighted by atomic mass is 16.2. The molecule has 70 valence electrons. The van der Waals surface area contributed by atoms with Crippen molar-refractivity contribution < 1.29 is 4.79 Å². The van der Waals surface area contributed by atoms with Crippen molar-refractivity contribution in [3.63, 3.8) is 0 Å². The van der Waals surface area contributed by atoms with E-state index < -0.39 is 0 Å². The lowest BCUT2D eigenvalue weighted by molar-refractivity contribution is 0.231. The second-order valence-electron chi connectivity index (χ2n) is 3.28. The zero-order valence-electron chi connectivity index (χ0n) is 7.47. The molecule has 2 atom stereocenters. The Hall–Kier alpha value is -0.770. The van der Waals surface area contributed by atoms with E-state index in [0.717, 1.165) is 12.8 Å². The van der Waals surface area contributed by atoms with E-state index in [1.807, 2.05) is 0 Å². The first-order chi connectivity index (χ1) is 5.74. The SMILES string of the molecule is CNC(=O)NC1CCCCC1N. The smallest absolute Gasteiger partial charge is 0.314 e. The summed E-state index contributed by atoms with van der Waals surface area (Å²) in [7, 11) is 1.61. The molecule has 4 heteroatoms. The molecule has 0 heterocycles. The Morgan fingerprint density at radius 1 is 1.42 bits per heavy atom. The van der Waals surface area contributed by atoms with Crippen LogP contribution in [0.4, 0.5) is 4.79 Å². The first-order valence-electron chi connectivity index (χ1n) is 4.48. The molecule has 0 spiro atoms. The number of hydrogen-bond donors (Lipinski definition) is 3. The van der Waals surface area contributed by atoms with Crippen LogP contribution in [0.1, 0.15) is 25.7 Å². The maximum Gasteiger partial charge on any atom is 0.314 e. The van der Waals surface area contributed by atoms with Gasteiger partial charge >= 0.3 is 6.03 Å². The Labute approximate surface area is 72.9 Å². The second-order valence-corrected chi connectivity index (χ2v) is 3.28. The lowest BCUT2D eigenvalue weighted by Crippen LogP contribution is -2.51. The number of nitrogens with one attached hydrogen (secondary N) is 2. The van der Waals surface area contributed by atoms with E-state index in [9.17, 15) is 4.79 Å². The van der Waals surface area contributed by atoms with E-state index in [2.05, 4.69) is 10.6 Å². The van der Waals surface area contributed by atoms with Gasteiger partial charge in [-0.3, -0.25) is 0 Å². The number of urea groups is 1. The second kappa shape index (κ2) is 4.30. The fourth-order valence-corrected chi connectivity index (χ4v) is 1.58. The van der Waals surface area contributed by atoms with Gasteiger partial charge in [0, 0.05) is 19.1 Å². The van der Waals surface area contributed by atoms with E-state index in [-0.39, 0.29) is 18.1 Å². The fourth-order valence-electron chi connectivity index (χ4n) is 1.58. The maximum atomic E-state index is 10.9. The third-order valence-corrected chi connectivity index (χ3v) is 2.36. The normalized spacial score (nSPS) is 29.5. The van der Waals surface area contributed by atoms with Gasteiger partial charge in [-0.05, 0) is 12.8 Å². The van der Waals surface area contributed by atoms with Crippen molar-refractivity contribution in [1.29, 1.82) is 0 Å². The minimum absolute atomic E-state index is 0.127. The van der Waals surface area contributed by atoms with Gasteiger partial charge in [-0.25, -0.2) is 4.79 Å². The zero-order chi connectivity index (χ0) is 8.97. The van der Waals surface area contributed by atoms with E-state index in [1.165, 1.54) is 12.8 Å². The number of rotatable bonds is 1. The molecular formula is C8H17N3O. The topological polar surface area (TPSA) is 67.2 Å². The van der Waals surface area contributed by atoms with Crippen molar-refractivity contribution >= 4 is 6.03 Å². The minimum atomic E-state index is -0.127. The number of hydrogen-bond acceptors (Lipinski definition) is 2. The van der Waals surface area contributed by atoms with Gasteiger partial charge in [0.1, 0.15) is 0 Å². The molecule has 1 aliphatic carbocycles. The van der Waals surface area contributed by atoms with Gasteiger partial charge in [-0.2, -0.15) is 0 Å². The van der Waals surface area contributed by atoms with Crippen molar-refractivity contribution in [3.05, 3.63) is 0 Å². The van der Waals surface area contributed by atoms with Crippen molar-refractivity contribution in [1.82, 2.24) is 10.6 Å². The molecule has 0 bridgehead atoms. The predicted octanol–water partition coefficient (Wildman–Crippen LogP) is 0.185. The van der Waals surface area contributed by atoms with Gasteiger partial charge in [-0.1, -0.05) is 12.8 Å². The van der Waals surface area contributed by atoms with Crippen LogP contribution in [-0.2, 0) is 0 Å². The van der Waals surface area contributed by atoms with Crippen LogP contribution >= 0.6 is 0 Å². The average molecular weight is 171 g/mol. The third-order valence-electron chi connectivity index (χ3n) is 2.36. The molecule has 1 fully saturated rings. The van der Waals surface area contributed by atoms with Crippen LogP contribution < -0.4 is 16.4 Å². The summed E-state index contributed by atoms with van der Waals surface area (Å²) in [6.45, 7) is 0. The van der Waals surface area contributed by atoms with E-state index >= 15 is 0 Å². The Balaban J connectivity index is 2.33. The summed E-state index contributed by atoms with van der Waals surface area (Å²) < 4.78 is 0. The largest absolute Gasteiger partial charge is 0.341 e. The Morgan fingerprint density at radius 2 is 2.08 bits per heavy atom. The van der Waals surface area contributed by atoms with Gasteiger partial charge in [-0.15, -0.1) is 0 Å². The van der Waals surface area contributed by atoms with Gasteiger partial charge in [0.05, 0.1) is 0 Å². The lowest BCUT2D eigenvalue weighted by atomic mass is 9.91. The summed E-state index contributed by atoms with van der Waals surface area (Å²) in [5.74, 6) is 0. The Kier molecular flexibility index (Phi) is 3.34. The summed E-state index contributed by atoms with van der Waals surface area (Å²) >= 11 is 0. The van der Waals surface area contributed by atoms with Crippen LogP contribution in [0.15, 0.2) is 0 Å². The molecule has 1 saturated carbocycles. The number of carbonyl (C=O) groups is 1. The van der Waals surface area contributed by atoms with Crippen LogP contribution in [0.3, 0.4) is 0 Å². The molecular weight excluding hydrogens is 154 g/mol. The summed E-state index contributed by atoms with van der Waals surface area (Å²) in [6.07, 6.45) is 4.39. The van der Waals surface area contributed by atoms with Crippen LogP contribution in [-0.4, -0.2) is 25.2 Å². The number of amides is 2. The van der Waals surface area contributed by atoms with Crippen molar-refractivity contribution in [2.24, 2.45) is 5.73 Å². The molecule has 2 unspecified atom stereocenters. The molecule has 1 rings (SSSR count). The highest BCUT2D eigenvalue weighted by molar-refractivity contribution is 5.73.